The minimum absolute atomic E-state index is 0.394. The Balaban J connectivity index is 1.72. The zero-order valence-corrected chi connectivity index (χ0v) is 10.9. The SMILES string of the molecule is CC1N=C(N2CCOCC2)CC1c1ccccc1. The van der Waals surface area contributed by atoms with Crippen molar-refractivity contribution in [3.8, 4) is 0 Å². The van der Waals surface area contributed by atoms with E-state index < -0.39 is 0 Å². The zero-order valence-electron chi connectivity index (χ0n) is 10.9. The van der Waals surface area contributed by atoms with Crippen LogP contribution in [0.2, 0.25) is 0 Å². The van der Waals surface area contributed by atoms with E-state index in [0.717, 1.165) is 32.7 Å². The maximum absolute atomic E-state index is 5.40. The highest BCUT2D eigenvalue weighted by Crippen LogP contribution is 2.32. The highest BCUT2D eigenvalue weighted by molar-refractivity contribution is 5.85. The normalized spacial score (nSPS) is 28.3. The minimum atomic E-state index is 0.394. The molecule has 0 N–H and O–H groups in total. The van der Waals surface area contributed by atoms with Crippen molar-refractivity contribution >= 4 is 5.84 Å². The van der Waals surface area contributed by atoms with Gasteiger partial charge in [0.25, 0.3) is 0 Å². The molecule has 1 aromatic rings. The molecule has 18 heavy (non-hydrogen) atoms. The Labute approximate surface area is 108 Å². The number of morpholine rings is 1. The first-order chi connectivity index (χ1) is 8.84. The molecule has 0 bridgehead atoms. The number of ether oxygens (including phenoxy) is 1. The van der Waals surface area contributed by atoms with Gasteiger partial charge < -0.3 is 9.64 Å². The van der Waals surface area contributed by atoms with Crippen LogP contribution in [0.3, 0.4) is 0 Å². The first-order valence-corrected chi connectivity index (χ1v) is 6.79. The summed E-state index contributed by atoms with van der Waals surface area (Å²) in [6.45, 7) is 5.89. The van der Waals surface area contributed by atoms with E-state index in [0.29, 0.717) is 12.0 Å². The molecule has 0 amide bonds. The van der Waals surface area contributed by atoms with E-state index >= 15 is 0 Å². The molecule has 0 radical (unpaired) electrons. The van der Waals surface area contributed by atoms with E-state index in [1.807, 2.05) is 0 Å². The van der Waals surface area contributed by atoms with Crippen LogP contribution in [-0.2, 0) is 4.74 Å². The van der Waals surface area contributed by atoms with E-state index in [9.17, 15) is 0 Å². The quantitative estimate of drug-likeness (QED) is 0.757. The lowest BCUT2D eigenvalue weighted by Crippen LogP contribution is -2.40. The highest BCUT2D eigenvalue weighted by Gasteiger charge is 2.30. The summed E-state index contributed by atoms with van der Waals surface area (Å²) in [6.07, 6.45) is 1.07. The van der Waals surface area contributed by atoms with Crippen molar-refractivity contribution in [3.63, 3.8) is 0 Å². The van der Waals surface area contributed by atoms with Crippen molar-refractivity contribution in [1.82, 2.24) is 4.90 Å². The van der Waals surface area contributed by atoms with Crippen molar-refractivity contribution in [2.24, 2.45) is 4.99 Å². The van der Waals surface area contributed by atoms with E-state index in [1.54, 1.807) is 0 Å². The van der Waals surface area contributed by atoms with Crippen LogP contribution in [-0.4, -0.2) is 43.1 Å². The van der Waals surface area contributed by atoms with Gasteiger partial charge in [0.15, 0.2) is 0 Å². The van der Waals surface area contributed by atoms with Crippen LogP contribution in [0.4, 0.5) is 0 Å². The lowest BCUT2D eigenvalue weighted by atomic mass is 9.92. The van der Waals surface area contributed by atoms with Crippen LogP contribution in [0, 0.1) is 0 Å². The van der Waals surface area contributed by atoms with Crippen molar-refractivity contribution in [3.05, 3.63) is 35.9 Å². The van der Waals surface area contributed by atoms with Crippen molar-refractivity contribution < 1.29 is 4.74 Å². The molecule has 2 atom stereocenters. The first-order valence-electron chi connectivity index (χ1n) is 6.79. The zero-order chi connectivity index (χ0) is 12.4. The van der Waals surface area contributed by atoms with Gasteiger partial charge in [0.1, 0.15) is 5.84 Å². The summed E-state index contributed by atoms with van der Waals surface area (Å²) in [6, 6.07) is 11.2. The molecule has 3 heteroatoms. The van der Waals surface area contributed by atoms with Gasteiger partial charge in [-0.3, -0.25) is 4.99 Å². The summed E-state index contributed by atoms with van der Waals surface area (Å²) >= 11 is 0. The van der Waals surface area contributed by atoms with Gasteiger partial charge in [-0.1, -0.05) is 30.3 Å². The topological polar surface area (TPSA) is 24.8 Å². The Morgan fingerprint density at radius 3 is 2.61 bits per heavy atom. The molecule has 0 aromatic heterocycles. The van der Waals surface area contributed by atoms with Crippen molar-refractivity contribution in [2.75, 3.05) is 26.3 Å². The van der Waals surface area contributed by atoms with Gasteiger partial charge in [-0.05, 0) is 12.5 Å². The fourth-order valence-electron chi connectivity index (χ4n) is 2.87. The first kappa shape index (κ1) is 11.7. The van der Waals surface area contributed by atoms with Crippen LogP contribution in [0.1, 0.15) is 24.8 Å². The van der Waals surface area contributed by atoms with Crippen LogP contribution in [0.25, 0.3) is 0 Å². The summed E-state index contributed by atoms with van der Waals surface area (Å²) in [7, 11) is 0. The maximum Gasteiger partial charge on any atom is 0.100 e. The van der Waals surface area contributed by atoms with Crippen LogP contribution < -0.4 is 0 Å². The second-order valence-corrected chi connectivity index (χ2v) is 5.11. The third kappa shape index (κ3) is 2.27. The summed E-state index contributed by atoms with van der Waals surface area (Å²) in [4.78, 5) is 7.25. The average Bonchev–Trinajstić information content (AvgIpc) is 2.83. The predicted octanol–water partition coefficient (Wildman–Crippen LogP) is 2.29. The molecule has 2 aliphatic rings. The van der Waals surface area contributed by atoms with Gasteiger partial charge in [0.2, 0.25) is 0 Å². The monoisotopic (exact) mass is 244 g/mol. The predicted molar refractivity (Wildman–Crippen MR) is 73.1 cm³/mol. The van der Waals surface area contributed by atoms with E-state index in [4.69, 9.17) is 9.73 Å². The summed E-state index contributed by atoms with van der Waals surface area (Å²) in [5, 5.41) is 0. The van der Waals surface area contributed by atoms with Gasteiger partial charge >= 0.3 is 0 Å². The Bertz CT molecular complexity index is 423. The lowest BCUT2D eigenvalue weighted by molar-refractivity contribution is 0.0674. The molecule has 3 nitrogen and oxygen atoms in total. The van der Waals surface area contributed by atoms with E-state index in [1.165, 1.54) is 11.4 Å². The molecule has 1 fully saturated rings. The fraction of sp³-hybridized carbons (Fsp3) is 0.533. The molecule has 1 saturated heterocycles. The number of nitrogens with zero attached hydrogens (tertiary/aromatic N) is 2. The van der Waals surface area contributed by atoms with Crippen molar-refractivity contribution in [1.29, 1.82) is 0 Å². The molecule has 2 heterocycles. The average molecular weight is 244 g/mol. The van der Waals surface area contributed by atoms with Gasteiger partial charge in [-0.15, -0.1) is 0 Å². The maximum atomic E-state index is 5.40. The van der Waals surface area contributed by atoms with Crippen LogP contribution in [0.5, 0.6) is 0 Å². The summed E-state index contributed by atoms with van der Waals surface area (Å²) in [5.74, 6) is 1.82. The van der Waals surface area contributed by atoms with Gasteiger partial charge in [-0.25, -0.2) is 0 Å². The van der Waals surface area contributed by atoms with E-state index in [2.05, 4.69) is 42.2 Å². The van der Waals surface area contributed by atoms with Crippen molar-refractivity contribution in [2.45, 2.75) is 25.3 Å². The second-order valence-electron chi connectivity index (χ2n) is 5.11. The molecular formula is C15H20N2O. The third-order valence-corrected chi connectivity index (χ3v) is 3.94. The number of aliphatic imine (C=N–C) groups is 1. The Morgan fingerprint density at radius 2 is 1.89 bits per heavy atom. The third-order valence-electron chi connectivity index (χ3n) is 3.94. The Morgan fingerprint density at radius 1 is 1.17 bits per heavy atom. The second kappa shape index (κ2) is 5.11. The van der Waals surface area contributed by atoms with Gasteiger partial charge in [-0.2, -0.15) is 0 Å². The minimum Gasteiger partial charge on any atom is -0.378 e. The number of amidine groups is 1. The molecule has 0 aliphatic carbocycles. The molecule has 2 aliphatic heterocycles. The van der Waals surface area contributed by atoms with Crippen LogP contribution in [0.15, 0.2) is 35.3 Å². The summed E-state index contributed by atoms with van der Waals surface area (Å²) < 4.78 is 5.40. The fourth-order valence-corrected chi connectivity index (χ4v) is 2.87. The Hall–Kier alpha value is -1.35. The number of rotatable bonds is 1. The van der Waals surface area contributed by atoms with E-state index in [-0.39, 0.29) is 0 Å². The van der Waals surface area contributed by atoms with Gasteiger partial charge in [0, 0.05) is 25.4 Å². The van der Waals surface area contributed by atoms with Gasteiger partial charge in [0.05, 0.1) is 19.3 Å². The smallest absolute Gasteiger partial charge is 0.100 e. The number of hydrogen-bond acceptors (Lipinski definition) is 3. The molecular weight excluding hydrogens is 224 g/mol. The largest absolute Gasteiger partial charge is 0.378 e. The molecule has 0 saturated carbocycles. The lowest BCUT2D eigenvalue weighted by Gasteiger charge is -2.28. The number of hydrogen-bond donors (Lipinski definition) is 0. The van der Waals surface area contributed by atoms with Crippen LogP contribution >= 0.6 is 0 Å². The molecule has 96 valence electrons. The molecule has 0 spiro atoms. The molecule has 2 unspecified atom stereocenters. The number of benzene rings is 1. The Kier molecular flexibility index (Phi) is 3.33. The summed E-state index contributed by atoms with van der Waals surface area (Å²) in [5.41, 5.74) is 1.41. The highest BCUT2D eigenvalue weighted by atomic mass is 16.5. The molecule has 3 rings (SSSR count). The molecule has 1 aromatic carbocycles. The standard InChI is InChI=1S/C15H20N2O/c1-12-14(13-5-3-2-4-6-13)11-15(16-12)17-7-9-18-10-8-17/h2-6,12,14H,7-11H2,1H3.